The molecule has 2 aliphatic rings. The van der Waals surface area contributed by atoms with Crippen LogP contribution in [0.25, 0.3) is 0 Å². The lowest BCUT2D eigenvalue weighted by Crippen LogP contribution is -2.49. The first-order valence-corrected chi connectivity index (χ1v) is 7.32. The van der Waals surface area contributed by atoms with E-state index in [9.17, 15) is 0 Å². The van der Waals surface area contributed by atoms with Crippen LogP contribution in [0.5, 0.6) is 0 Å². The maximum Gasteiger partial charge on any atom is 0.151 e. The van der Waals surface area contributed by atoms with Gasteiger partial charge in [0.05, 0.1) is 5.69 Å². The molecule has 0 spiro atoms. The van der Waals surface area contributed by atoms with Crippen LogP contribution in [0.4, 0.5) is 11.5 Å². The van der Waals surface area contributed by atoms with Gasteiger partial charge < -0.3 is 10.2 Å². The maximum atomic E-state index is 4.65. The summed E-state index contributed by atoms with van der Waals surface area (Å²) < 4.78 is 2.16. The van der Waals surface area contributed by atoms with Gasteiger partial charge in [-0.05, 0) is 32.6 Å². The summed E-state index contributed by atoms with van der Waals surface area (Å²) in [6.45, 7) is 9.84. The van der Waals surface area contributed by atoms with Crippen LogP contribution in [0.3, 0.4) is 0 Å². The number of rotatable bonds is 2. The van der Waals surface area contributed by atoms with Crippen molar-refractivity contribution in [2.45, 2.75) is 52.6 Å². The Balaban J connectivity index is 1.93. The molecule has 2 unspecified atom stereocenters. The van der Waals surface area contributed by atoms with E-state index >= 15 is 0 Å². The van der Waals surface area contributed by atoms with Gasteiger partial charge in [-0.1, -0.05) is 13.3 Å². The second kappa shape index (κ2) is 4.48. The van der Waals surface area contributed by atoms with E-state index in [1.54, 1.807) is 0 Å². The number of anilines is 2. The molecule has 1 N–H and O–H groups in total. The Bertz CT molecular complexity index is 437. The monoisotopic (exact) mass is 248 g/mol. The van der Waals surface area contributed by atoms with Crippen molar-refractivity contribution in [3.63, 3.8) is 0 Å². The highest BCUT2D eigenvalue weighted by Crippen LogP contribution is 2.39. The van der Waals surface area contributed by atoms with Crippen molar-refractivity contribution in [3.8, 4) is 0 Å². The predicted octanol–water partition coefficient (Wildman–Crippen LogP) is 2.63. The summed E-state index contributed by atoms with van der Waals surface area (Å²) in [6.07, 6.45) is 3.99. The van der Waals surface area contributed by atoms with Crippen LogP contribution in [-0.2, 0) is 6.54 Å². The van der Waals surface area contributed by atoms with E-state index in [0.29, 0.717) is 6.04 Å². The molecule has 0 saturated carbocycles. The maximum absolute atomic E-state index is 4.65. The lowest BCUT2D eigenvalue weighted by molar-refractivity contribution is 0.331. The first-order chi connectivity index (χ1) is 8.74. The molecule has 1 aromatic heterocycles. The van der Waals surface area contributed by atoms with Gasteiger partial charge in [-0.2, -0.15) is 5.10 Å². The van der Waals surface area contributed by atoms with Crippen LogP contribution in [0.2, 0.25) is 0 Å². The van der Waals surface area contributed by atoms with Crippen molar-refractivity contribution in [3.05, 3.63) is 5.69 Å². The van der Waals surface area contributed by atoms with Gasteiger partial charge in [0.25, 0.3) is 0 Å². The Hall–Kier alpha value is -1.19. The van der Waals surface area contributed by atoms with E-state index in [-0.39, 0.29) is 0 Å². The summed E-state index contributed by atoms with van der Waals surface area (Å²) in [4.78, 5) is 2.60. The average molecular weight is 248 g/mol. The van der Waals surface area contributed by atoms with Gasteiger partial charge in [-0.3, -0.25) is 0 Å². The van der Waals surface area contributed by atoms with Crippen molar-refractivity contribution in [1.82, 2.24) is 9.78 Å². The highest BCUT2D eigenvalue weighted by Gasteiger charge is 2.35. The van der Waals surface area contributed by atoms with Crippen molar-refractivity contribution in [2.75, 3.05) is 23.3 Å². The van der Waals surface area contributed by atoms with Gasteiger partial charge in [0, 0.05) is 25.7 Å². The van der Waals surface area contributed by atoms with Crippen molar-refractivity contribution >= 4 is 11.5 Å². The number of hydrogen-bond donors (Lipinski definition) is 1. The molecule has 1 aromatic rings. The molecule has 0 aliphatic carbocycles. The Kier molecular flexibility index (Phi) is 2.96. The fraction of sp³-hybridized carbons (Fsp3) is 0.786. The molecule has 4 heteroatoms. The zero-order valence-corrected chi connectivity index (χ0v) is 11.7. The van der Waals surface area contributed by atoms with Crippen LogP contribution in [0.1, 0.15) is 38.8 Å². The minimum Gasteiger partial charge on any atom is -0.378 e. The minimum absolute atomic E-state index is 0.664. The Morgan fingerprint density at radius 1 is 1.39 bits per heavy atom. The summed E-state index contributed by atoms with van der Waals surface area (Å²) in [7, 11) is 0. The predicted molar refractivity (Wildman–Crippen MR) is 75.3 cm³/mol. The van der Waals surface area contributed by atoms with E-state index in [1.807, 2.05) is 0 Å². The average Bonchev–Trinajstić information content (AvgIpc) is 2.75. The lowest BCUT2D eigenvalue weighted by atomic mass is 9.88. The second-order valence-electron chi connectivity index (χ2n) is 5.63. The molecule has 0 bridgehead atoms. The van der Waals surface area contributed by atoms with Crippen LogP contribution in [-0.4, -0.2) is 28.9 Å². The number of aryl methyl sites for hydroxylation is 2. The van der Waals surface area contributed by atoms with E-state index in [1.165, 1.54) is 37.3 Å². The quantitative estimate of drug-likeness (QED) is 0.873. The third kappa shape index (κ3) is 1.70. The number of aromatic nitrogens is 2. The fourth-order valence-corrected chi connectivity index (χ4v) is 3.49. The van der Waals surface area contributed by atoms with Crippen LogP contribution in [0, 0.1) is 12.8 Å². The summed E-state index contributed by atoms with van der Waals surface area (Å²) >= 11 is 0. The van der Waals surface area contributed by atoms with Gasteiger partial charge in [0.15, 0.2) is 5.82 Å². The second-order valence-corrected chi connectivity index (χ2v) is 5.63. The first-order valence-electron chi connectivity index (χ1n) is 7.32. The van der Waals surface area contributed by atoms with Crippen LogP contribution >= 0.6 is 0 Å². The lowest BCUT2D eigenvalue weighted by Gasteiger charge is -2.44. The summed E-state index contributed by atoms with van der Waals surface area (Å²) in [5.41, 5.74) is 2.41. The highest BCUT2D eigenvalue weighted by molar-refractivity contribution is 5.72. The zero-order valence-electron chi connectivity index (χ0n) is 11.7. The Morgan fingerprint density at radius 3 is 2.94 bits per heavy atom. The van der Waals surface area contributed by atoms with Crippen molar-refractivity contribution in [2.24, 2.45) is 5.92 Å². The molecule has 0 radical (unpaired) electrons. The van der Waals surface area contributed by atoms with Crippen LogP contribution in [0.15, 0.2) is 0 Å². The largest absolute Gasteiger partial charge is 0.378 e. The van der Waals surface area contributed by atoms with Gasteiger partial charge in [0.1, 0.15) is 5.69 Å². The first kappa shape index (κ1) is 11.9. The van der Waals surface area contributed by atoms with Gasteiger partial charge in [0.2, 0.25) is 0 Å². The fourth-order valence-electron chi connectivity index (χ4n) is 3.49. The minimum atomic E-state index is 0.664. The smallest absolute Gasteiger partial charge is 0.151 e. The van der Waals surface area contributed by atoms with Crippen molar-refractivity contribution < 1.29 is 0 Å². The number of nitrogens with one attached hydrogen (secondary N) is 1. The molecular formula is C14H24N4. The zero-order chi connectivity index (χ0) is 12.7. The van der Waals surface area contributed by atoms with E-state index in [0.717, 1.165) is 24.7 Å². The van der Waals surface area contributed by atoms with Gasteiger partial charge in [-0.15, -0.1) is 0 Å². The summed E-state index contributed by atoms with van der Waals surface area (Å²) in [6, 6.07) is 0.664. The molecule has 2 atom stereocenters. The molecule has 0 amide bonds. The van der Waals surface area contributed by atoms with E-state index < -0.39 is 0 Å². The van der Waals surface area contributed by atoms with Crippen LogP contribution < -0.4 is 10.2 Å². The molecule has 1 saturated heterocycles. The molecule has 4 nitrogen and oxygen atoms in total. The van der Waals surface area contributed by atoms with Gasteiger partial charge in [-0.25, -0.2) is 4.68 Å². The normalized spacial score (nSPS) is 26.5. The third-order valence-electron chi connectivity index (χ3n) is 4.59. The molecular weight excluding hydrogens is 224 g/mol. The Labute approximate surface area is 109 Å². The number of piperidine rings is 1. The number of nitrogens with zero attached hydrogens (tertiary/aromatic N) is 3. The topological polar surface area (TPSA) is 33.1 Å². The molecule has 100 valence electrons. The van der Waals surface area contributed by atoms with Crippen molar-refractivity contribution in [1.29, 1.82) is 0 Å². The van der Waals surface area contributed by atoms with E-state index in [4.69, 9.17) is 0 Å². The molecule has 3 rings (SSSR count). The Morgan fingerprint density at radius 2 is 2.22 bits per heavy atom. The molecule has 2 aliphatic heterocycles. The SMILES string of the molecule is CCC1CCN2c3c(c(C)nn3CC)NCC2C1. The number of fused-ring (bicyclic) bond motifs is 3. The molecule has 0 aromatic carbocycles. The summed E-state index contributed by atoms with van der Waals surface area (Å²) in [5.74, 6) is 2.24. The molecule has 3 heterocycles. The van der Waals surface area contributed by atoms with E-state index in [2.05, 4.69) is 40.8 Å². The molecule has 1 fully saturated rings. The standard InChI is InChI=1S/C14H24N4/c1-4-11-6-7-17-12(8-11)9-15-13-10(3)16-18(5-2)14(13)17/h11-12,15H,4-9H2,1-3H3. The summed E-state index contributed by atoms with van der Waals surface area (Å²) in [5, 5.41) is 8.26. The third-order valence-corrected chi connectivity index (χ3v) is 4.59. The molecule has 18 heavy (non-hydrogen) atoms. The highest BCUT2D eigenvalue weighted by atomic mass is 15.4. The number of hydrogen-bond acceptors (Lipinski definition) is 3. The van der Waals surface area contributed by atoms with Gasteiger partial charge >= 0.3 is 0 Å².